The Bertz CT molecular complexity index is 97.5. The van der Waals surface area contributed by atoms with Crippen LogP contribution in [0, 0.1) is 0 Å². The van der Waals surface area contributed by atoms with E-state index >= 15 is 0 Å². The van der Waals surface area contributed by atoms with Crippen molar-refractivity contribution in [3.05, 3.63) is 0 Å². The Morgan fingerprint density at radius 3 is 1.46 bits per heavy atom. The molecule has 82 valence electrons. The molecule has 0 fully saturated rings. The van der Waals surface area contributed by atoms with E-state index in [2.05, 4.69) is 41.7 Å². The van der Waals surface area contributed by atoms with Crippen LogP contribution in [0.25, 0.3) is 0 Å². The molecule has 1 unspecified atom stereocenters. The summed E-state index contributed by atoms with van der Waals surface area (Å²) in [6.07, 6.45) is 0. The van der Waals surface area contributed by atoms with Gasteiger partial charge < -0.3 is 0 Å². The first kappa shape index (κ1) is 17.3. The zero-order valence-corrected chi connectivity index (χ0v) is 18.3. The molecule has 0 saturated carbocycles. The molecule has 0 aliphatic heterocycles. The molecule has 0 nitrogen and oxygen atoms in total. The monoisotopic (exact) mass is 394 g/mol. The number of alkyl halides is 1. The van der Waals surface area contributed by atoms with Gasteiger partial charge in [-0.25, -0.2) is 0 Å². The molecule has 0 saturated heterocycles. The summed E-state index contributed by atoms with van der Waals surface area (Å²) in [6.45, 7) is 9.10. The predicted molar refractivity (Wildman–Crippen MR) is 76.2 cm³/mol. The van der Waals surface area contributed by atoms with Gasteiger partial charge in [-0.2, -0.15) is 0 Å². The van der Waals surface area contributed by atoms with Gasteiger partial charge in [-0.1, -0.05) is 0 Å². The maximum absolute atomic E-state index is 5.38. The standard InChI is InChI=1S/C6H15BrGe.C3H9ClGe/c1-4-8(7,5-2)6-3;1-3(5)2-4/h4-6H2,1-3H3;3H,2H2,1,5H3. The van der Waals surface area contributed by atoms with Crippen LogP contribution >= 0.6 is 25.6 Å². The van der Waals surface area contributed by atoms with E-state index in [0.717, 1.165) is 27.1 Å². The second-order valence-electron chi connectivity index (χ2n) is 3.76. The SMILES string of the molecule is C[CH2][Ge]([Br])([CH2]C)[CH2]C.C[CH]([GeH3])CCl. The molecule has 0 spiro atoms. The van der Waals surface area contributed by atoms with Crippen LogP contribution in [0.15, 0.2) is 0 Å². The van der Waals surface area contributed by atoms with Crippen LogP contribution < -0.4 is 0 Å². The first-order valence-electron chi connectivity index (χ1n) is 5.20. The van der Waals surface area contributed by atoms with Gasteiger partial charge in [-0.15, -0.1) is 0 Å². The Morgan fingerprint density at radius 2 is 1.46 bits per heavy atom. The summed E-state index contributed by atoms with van der Waals surface area (Å²) >= 11 is 8.88. The Labute approximate surface area is 107 Å². The summed E-state index contributed by atoms with van der Waals surface area (Å²) in [5.41, 5.74) is 0. The van der Waals surface area contributed by atoms with Crippen LogP contribution in [0.4, 0.5) is 0 Å². The van der Waals surface area contributed by atoms with Crippen molar-refractivity contribution in [3.8, 4) is 0 Å². The second-order valence-corrected chi connectivity index (χ2v) is 26.2. The zero-order chi connectivity index (χ0) is 10.9. The Morgan fingerprint density at radius 1 is 1.23 bits per heavy atom. The van der Waals surface area contributed by atoms with Crippen molar-refractivity contribution in [2.75, 3.05) is 5.88 Å². The zero-order valence-electron chi connectivity index (χ0n) is 9.66. The number of hydrogen-bond donors (Lipinski definition) is 0. The van der Waals surface area contributed by atoms with E-state index in [1.54, 1.807) is 0 Å². The van der Waals surface area contributed by atoms with Crippen LogP contribution in [-0.2, 0) is 0 Å². The van der Waals surface area contributed by atoms with Crippen molar-refractivity contribution in [2.24, 2.45) is 0 Å². The van der Waals surface area contributed by atoms with E-state index in [4.69, 9.17) is 11.6 Å². The van der Waals surface area contributed by atoms with Gasteiger partial charge in [0.1, 0.15) is 0 Å². The average molecular weight is 393 g/mol. The van der Waals surface area contributed by atoms with Gasteiger partial charge in [-0.05, 0) is 0 Å². The van der Waals surface area contributed by atoms with E-state index in [0.29, 0.717) is 0 Å². The Hall–Kier alpha value is 1.86. The molecule has 0 heterocycles. The summed E-state index contributed by atoms with van der Waals surface area (Å²) in [5, 5.41) is 4.27. The van der Waals surface area contributed by atoms with E-state index in [1.165, 1.54) is 15.8 Å². The molecule has 13 heavy (non-hydrogen) atoms. The number of hydrogen-bond acceptors (Lipinski definition) is 0. The fourth-order valence-corrected chi connectivity index (χ4v) is 3.90. The molecule has 0 aromatic heterocycles. The third-order valence-electron chi connectivity index (χ3n) is 2.21. The van der Waals surface area contributed by atoms with Gasteiger partial charge in [0, 0.05) is 0 Å². The van der Waals surface area contributed by atoms with Gasteiger partial charge in [-0.3, -0.25) is 0 Å². The van der Waals surface area contributed by atoms with Gasteiger partial charge in [0.05, 0.1) is 0 Å². The van der Waals surface area contributed by atoms with Crippen molar-refractivity contribution in [1.29, 1.82) is 0 Å². The van der Waals surface area contributed by atoms with Gasteiger partial charge in [0.25, 0.3) is 0 Å². The Balaban J connectivity index is 0. The summed E-state index contributed by atoms with van der Waals surface area (Å²) < 4.78 is 0.837. The van der Waals surface area contributed by atoms with Gasteiger partial charge >= 0.3 is 108 Å². The minimum absolute atomic E-state index is 0.837. The topological polar surface area (TPSA) is 0 Å². The molecule has 0 amide bonds. The quantitative estimate of drug-likeness (QED) is 0.504. The molecule has 0 rings (SSSR count). The molecule has 0 aromatic carbocycles. The fourth-order valence-electron chi connectivity index (χ4n) is 0.750. The van der Waals surface area contributed by atoms with Crippen molar-refractivity contribution in [3.63, 3.8) is 0 Å². The van der Waals surface area contributed by atoms with Crippen LogP contribution in [0.3, 0.4) is 0 Å². The van der Waals surface area contributed by atoms with Crippen LogP contribution in [0.1, 0.15) is 27.7 Å². The van der Waals surface area contributed by atoms with Crippen LogP contribution in [-0.4, -0.2) is 33.8 Å². The third kappa shape index (κ3) is 11.8. The molecule has 0 N–H and O–H groups in total. The molecule has 0 aromatic rings. The molecule has 4 heteroatoms. The molecule has 0 aliphatic rings. The van der Waals surface area contributed by atoms with E-state index < -0.39 is 11.4 Å². The van der Waals surface area contributed by atoms with E-state index in [1.807, 2.05) is 0 Å². The number of rotatable bonds is 4. The normalized spacial score (nSPS) is 13.4. The van der Waals surface area contributed by atoms with Crippen molar-refractivity contribution in [2.45, 2.75) is 48.2 Å². The molecular formula is C9H24BrClGe2. The third-order valence-corrected chi connectivity index (χ3v) is 21.5. The van der Waals surface area contributed by atoms with Crippen LogP contribution in [0.2, 0.25) is 20.5 Å². The fraction of sp³-hybridized carbons (Fsp3) is 1.00. The van der Waals surface area contributed by atoms with E-state index in [-0.39, 0.29) is 0 Å². The van der Waals surface area contributed by atoms with Crippen molar-refractivity contribution >= 4 is 53.5 Å². The first-order valence-corrected chi connectivity index (χ1v) is 17.5. The molecule has 1 atom stereocenters. The summed E-state index contributed by atoms with van der Waals surface area (Å²) in [5.74, 6) is 0.861. The molecule has 0 radical (unpaired) electrons. The second kappa shape index (κ2) is 10.4. The Kier molecular flexibility index (Phi) is 13.8. The summed E-state index contributed by atoms with van der Waals surface area (Å²) in [7, 11) is 0. The molecule has 0 aliphatic carbocycles. The molecular weight excluding hydrogens is 369 g/mol. The van der Waals surface area contributed by atoms with Crippen molar-refractivity contribution < 1.29 is 0 Å². The summed E-state index contributed by atoms with van der Waals surface area (Å²) in [6, 6.07) is 0. The molecule has 0 bridgehead atoms. The maximum atomic E-state index is 5.38. The minimum atomic E-state index is -1.31. The van der Waals surface area contributed by atoms with Crippen molar-refractivity contribution in [1.82, 2.24) is 0 Å². The predicted octanol–water partition coefficient (Wildman–Crippen LogP) is 3.79. The van der Waals surface area contributed by atoms with Gasteiger partial charge in [0.15, 0.2) is 0 Å². The first-order chi connectivity index (χ1) is 5.95. The summed E-state index contributed by atoms with van der Waals surface area (Å²) in [4.78, 5) is 0. The van der Waals surface area contributed by atoms with Gasteiger partial charge in [0.2, 0.25) is 0 Å². The number of halogens is 2. The van der Waals surface area contributed by atoms with Crippen LogP contribution in [0.5, 0.6) is 0 Å². The van der Waals surface area contributed by atoms with E-state index in [9.17, 15) is 0 Å². The average Bonchev–Trinajstić information content (AvgIpc) is 2.17.